The van der Waals surface area contributed by atoms with Crippen LogP contribution in [-0.4, -0.2) is 30.9 Å². The summed E-state index contributed by atoms with van der Waals surface area (Å²) in [6.45, 7) is 0. The number of ketones is 1. The van der Waals surface area contributed by atoms with Crippen LogP contribution >= 0.6 is 0 Å². The quantitative estimate of drug-likeness (QED) is 0.813. The molecule has 1 aromatic carbocycles. The van der Waals surface area contributed by atoms with Gasteiger partial charge < -0.3 is 9.47 Å². The highest BCUT2D eigenvalue weighted by atomic mass is 16.5. The summed E-state index contributed by atoms with van der Waals surface area (Å²) in [5.74, 6) is 1.02. The molecule has 144 valence electrons. The number of amides is 1. The van der Waals surface area contributed by atoms with Crippen LogP contribution in [0.5, 0.6) is 11.5 Å². The first-order valence-corrected chi connectivity index (χ1v) is 9.34. The molecule has 2 aliphatic rings. The van der Waals surface area contributed by atoms with Crippen molar-refractivity contribution in [3.63, 3.8) is 0 Å². The van der Waals surface area contributed by atoms with Crippen molar-refractivity contribution in [2.45, 2.75) is 31.6 Å². The van der Waals surface area contributed by atoms with Crippen molar-refractivity contribution in [2.75, 3.05) is 19.1 Å². The summed E-state index contributed by atoms with van der Waals surface area (Å²) in [5.41, 5.74) is 3.09. The van der Waals surface area contributed by atoms with Crippen molar-refractivity contribution >= 4 is 17.4 Å². The largest absolute Gasteiger partial charge is 0.497 e. The zero-order chi connectivity index (χ0) is 19.7. The van der Waals surface area contributed by atoms with Gasteiger partial charge in [-0.1, -0.05) is 6.07 Å². The van der Waals surface area contributed by atoms with E-state index in [-0.39, 0.29) is 24.0 Å². The normalized spacial score (nSPS) is 19.5. The summed E-state index contributed by atoms with van der Waals surface area (Å²) < 4.78 is 10.7. The van der Waals surface area contributed by atoms with Crippen molar-refractivity contribution in [2.24, 2.45) is 0 Å². The minimum Gasteiger partial charge on any atom is -0.497 e. The maximum absolute atomic E-state index is 13.2. The number of carbonyl (C=O) groups excluding carboxylic acids is 2. The van der Waals surface area contributed by atoms with Crippen molar-refractivity contribution in [1.29, 1.82) is 0 Å². The maximum Gasteiger partial charge on any atom is 0.232 e. The van der Waals surface area contributed by atoms with Gasteiger partial charge in [0, 0.05) is 60.6 Å². The number of aromatic nitrogens is 1. The molecule has 0 N–H and O–H groups in total. The predicted molar refractivity (Wildman–Crippen MR) is 105 cm³/mol. The number of hydrogen-bond acceptors (Lipinski definition) is 5. The molecular formula is C22H22N2O4. The molecule has 0 bridgehead atoms. The van der Waals surface area contributed by atoms with Crippen LogP contribution in [0.4, 0.5) is 5.69 Å². The van der Waals surface area contributed by atoms with Crippen LogP contribution < -0.4 is 14.4 Å². The SMILES string of the molecule is COc1cc(OC)cc(N2C(=O)CC(c3cccnc3)C3=C2CCCC3=O)c1. The summed E-state index contributed by atoms with van der Waals surface area (Å²) in [7, 11) is 3.15. The van der Waals surface area contributed by atoms with Crippen molar-refractivity contribution in [3.8, 4) is 11.5 Å². The van der Waals surface area contributed by atoms with Gasteiger partial charge >= 0.3 is 0 Å². The average molecular weight is 378 g/mol. The van der Waals surface area contributed by atoms with E-state index in [1.807, 2.05) is 12.1 Å². The predicted octanol–water partition coefficient (Wildman–Crippen LogP) is 3.63. The molecule has 2 heterocycles. The number of rotatable bonds is 4. The van der Waals surface area contributed by atoms with Gasteiger partial charge in [-0.05, 0) is 24.5 Å². The number of nitrogens with zero attached hydrogens (tertiary/aromatic N) is 2. The molecule has 0 radical (unpaired) electrons. The molecular weight excluding hydrogens is 356 g/mol. The molecule has 6 nitrogen and oxygen atoms in total. The number of benzene rings is 1. The summed E-state index contributed by atoms with van der Waals surface area (Å²) in [5, 5.41) is 0. The van der Waals surface area contributed by atoms with Crippen molar-refractivity contribution < 1.29 is 19.1 Å². The molecule has 2 aromatic rings. The fraction of sp³-hybridized carbons (Fsp3) is 0.318. The van der Waals surface area contributed by atoms with Crippen LogP contribution in [0.25, 0.3) is 0 Å². The number of carbonyl (C=O) groups is 2. The molecule has 1 aliphatic heterocycles. The Morgan fingerprint density at radius 3 is 2.46 bits per heavy atom. The number of pyridine rings is 1. The first-order valence-electron chi connectivity index (χ1n) is 9.34. The van der Waals surface area contributed by atoms with E-state index in [0.29, 0.717) is 30.0 Å². The van der Waals surface area contributed by atoms with Crippen LogP contribution in [0.3, 0.4) is 0 Å². The first-order chi connectivity index (χ1) is 13.6. The van der Waals surface area contributed by atoms with Gasteiger partial charge in [-0.15, -0.1) is 0 Å². The Labute approximate surface area is 163 Å². The van der Waals surface area contributed by atoms with Gasteiger partial charge in [-0.25, -0.2) is 0 Å². The summed E-state index contributed by atoms with van der Waals surface area (Å²) in [6.07, 6.45) is 5.61. The van der Waals surface area contributed by atoms with Gasteiger partial charge in [0.05, 0.1) is 19.9 Å². The minimum absolute atomic E-state index is 0.0439. The van der Waals surface area contributed by atoms with E-state index in [2.05, 4.69) is 4.98 Å². The highest BCUT2D eigenvalue weighted by Crippen LogP contribution is 2.44. The van der Waals surface area contributed by atoms with Crippen molar-refractivity contribution in [3.05, 3.63) is 59.6 Å². The van der Waals surface area contributed by atoms with Gasteiger partial charge in [-0.2, -0.15) is 0 Å². The lowest BCUT2D eigenvalue weighted by atomic mass is 9.77. The molecule has 4 rings (SSSR count). The van der Waals surface area contributed by atoms with E-state index in [4.69, 9.17) is 9.47 Å². The molecule has 0 saturated carbocycles. The Kier molecular flexibility index (Phi) is 4.86. The molecule has 1 aromatic heterocycles. The van der Waals surface area contributed by atoms with Gasteiger partial charge in [0.1, 0.15) is 11.5 Å². The third-order valence-electron chi connectivity index (χ3n) is 5.36. The van der Waals surface area contributed by atoms with E-state index in [1.54, 1.807) is 49.7 Å². The third kappa shape index (κ3) is 3.15. The Bertz CT molecular complexity index is 930. The topological polar surface area (TPSA) is 68.7 Å². The lowest BCUT2D eigenvalue weighted by Gasteiger charge is -2.38. The molecule has 1 unspecified atom stereocenters. The Morgan fingerprint density at radius 1 is 1.07 bits per heavy atom. The Balaban J connectivity index is 1.87. The fourth-order valence-corrected chi connectivity index (χ4v) is 4.08. The molecule has 6 heteroatoms. The molecule has 0 spiro atoms. The molecule has 1 atom stereocenters. The van der Waals surface area contributed by atoms with Crippen LogP contribution in [0.1, 0.15) is 37.2 Å². The highest BCUT2D eigenvalue weighted by molar-refractivity contribution is 6.07. The zero-order valence-electron chi connectivity index (χ0n) is 16.0. The van der Waals surface area contributed by atoms with E-state index in [0.717, 1.165) is 23.3 Å². The van der Waals surface area contributed by atoms with E-state index in [9.17, 15) is 9.59 Å². The van der Waals surface area contributed by atoms with E-state index < -0.39 is 0 Å². The maximum atomic E-state index is 13.2. The van der Waals surface area contributed by atoms with Crippen molar-refractivity contribution in [1.82, 2.24) is 4.98 Å². The standard InChI is InChI=1S/C22H22N2O4/c1-27-16-9-15(10-17(11-16)28-2)24-19-6-3-7-20(25)22(19)18(12-21(24)26)14-5-4-8-23-13-14/h4-5,8-11,13,18H,3,6-7,12H2,1-2H3. The number of allylic oxidation sites excluding steroid dienone is 2. The first kappa shape index (κ1) is 18.2. The number of anilines is 1. The van der Waals surface area contributed by atoms with Crippen LogP contribution in [-0.2, 0) is 9.59 Å². The van der Waals surface area contributed by atoms with Gasteiger partial charge in [0.25, 0.3) is 0 Å². The lowest BCUT2D eigenvalue weighted by molar-refractivity contribution is -0.119. The van der Waals surface area contributed by atoms with Crippen LogP contribution in [0, 0.1) is 0 Å². The second-order valence-corrected chi connectivity index (χ2v) is 6.98. The average Bonchev–Trinajstić information content (AvgIpc) is 2.73. The Hall–Kier alpha value is -3.15. The fourth-order valence-electron chi connectivity index (χ4n) is 4.08. The second kappa shape index (κ2) is 7.46. The van der Waals surface area contributed by atoms with Gasteiger partial charge in [-0.3, -0.25) is 19.5 Å². The zero-order valence-corrected chi connectivity index (χ0v) is 16.0. The van der Waals surface area contributed by atoms with Gasteiger partial charge in [0.2, 0.25) is 5.91 Å². The van der Waals surface area contributed by atoms with Crippen LogP contribution in [0.2, 0.25) is 0 Å². The summed E-state index contributed by atoms with van der Waals surface area (Å²) in [4.78, 5) is 31.9. The van der Waals surface area contributed by atoms with E-state index in [1.165, 1.54) is 0 Å². The second-order valence-electron chi connectivity index (χ2n) is 6.98. The number of hydrogen-bond donors (Lipinski definition) is 0. The molecule has 0 fully saturated rings. The summed E-state index contributed by atoms with van der Waals surface area (Å²) >= 11 is 0. The summed E-state index contributed by atoms with van der Waals surface area (Å²) in [6, 6.07) is 9.13. The monoisotopic (exact) mass is 378 g/mol. The molecule has 1 aliphatic carbocycles. The number of ether oxygens (including phenoxy) is 2. The van der Waals surface area contributed by atoms with Gasteiger partial charge in [0.15, 0.2) is 5.78 Å². The van der Waals surface area contributed by atoms with Crippen LogP contribution in [0.15, 0.2) is 54.0 Å². The minimum atomic E-state index is -0.243. The smallest absolute Gasteiger partial charge is 0.232 e. The Morgan fingerprint density at radius 2 is 1.82 bits per heavy atom. The molecule has 1 amide bonds. The number of Topliss-reactive ketones (excluding diaryl/α,β-unsaturated/α-hetero) is 1. The third-order valence-corrected chi connectivity index (χ3v) is 5.36. The van der Waals surface area contributed by atoms with E-state index >= 15 is 0 Å². The molecule has 0 saturated heterocycles. The highest BCUT2D eigenvalue weighted by Gasteiger charge is 2.40. The number of methoxy groups -OCH3 is 2. The molecule has 28 heavy (non-hydrogen) atoms. The lowest BCUT2D eigenvalue weighted by Crippen LogP contribution is -2.40.